The Morgan fingerprint density at radius 2 is 2.18 bits per heavy atom. The van der Waals surface area contributed by atoms with Crippen LogP contribution in [0, 0.1) is 0 Å². The number of rotatable bonds is 4. The summed E-state index contributed by atoms with van der Waals surface area (Å²) < 4.78 is 4.69. The first-order valence-corrected chi connectivity index (χ1v) is 3.59. The van der Waals surface area contributed by atoms with Crippen LogP contribution in [0.1, 0.15) is 33.1 Å². The van der Waals surface area contributed by atoms with Gasteiger partial charge < -0.3 is 4.74 Å². The fourth-order valence-electron chi connectivity index (χ4n) is 0.677. The van der Waals surface area contributed by atoms with Gasteiger partial charge in [-0.25, -0.2) is 0 Å². The van der Waals surface area contributed by atoms with Gasteiger partial charge in [0.25, 0.3) is 0 Å². The van der Waals surface area contributed by atoms with Crippen molar-refractivity contribution in [1.82, 2.24) is 0 Å². The average Bonchev–Trinajstić information content (AvgIpc) is 1.82. The van der Waals surface area contributed by atoms with Crippen molar-refractivity contribution in [3.63, 3.8) is 0 Å². The van der Waals surface area contributed by atoms with E-state index in [4.69, 9.17) is 10.5 Å². The Kier molecular flexibility index (Phi) is 9.88. The van der Waals surface area contributed by atoms with Gasteiger partial charge in [-0.1, -0.05) is 13.3 Å². The van der Waals surface area contributed by atoms with Crippen molar-refractivity contribution in [3.8, 4) is 0 Å². The molecule has 0 saturated carbocycles. The van der Waals surface area contributed by atoms with Crippen LogP contribution in [0.15, 0.2) is 0 Å². The molecule has 0 spiro atoms. The number of unbranched alkanes of at least 4 members (excludes halogenated alkanes) is 1. The Morgan fingerprint density at radius 1 is 1.64 bits per heavy atom. The average molecular weight is 204 g/mol. The van der Waals surface area contributed by atoms with Crippen LogP contribution in [0.5, 0.6) is 0 Å². The van der Waals surface area contributed by atoms with Crippen molar-refractivity contribution in [2.24, 2.45) is 5.73 Å². The SMILES string of the molecule is CCCCC(N)OC(C)=O.[Co]. The third-order valence-electron chi connectivity index (χ3n) is 1.16. The van der Waals surface area contributed by atoms with Gasteiger partial charge in [0.2, 0.25) is 0 Å². The number of hydrogen-bond donors (Lipinski definition) is 1. The van der Waals surface area contributed by atoms with E-state index in [1.54, 1.807) is 0 Å². The van der Waals surface area contributed by atoms with Gasteiger partial charge in [0, 0.05) is 23.7 Å². The van der Waals surface area contributed by atoms with E-state index in [-0.39, 0.29) is 22.7 Å². The topological polar surface area (TPSA) is 52.3 Å². The normalized spacial score (nSPS) is 11.5. The van der Waals surface area contributed by atoms with Gasteiger partial charge >= 0.3 is 5.97 Å². The number of ether oxygens (including phenoxy) is 1. The Morgan fingerprint density at radius 3 is 2.55 bits per heavy atom. The molecule has 0 aliphatic rings. The standard InChI is InChI=1S/C7H15NO2.Co/c1-3-4-5-7(8)10-6(2)9;/h7H,3-5,8H2,1-2H3;. The number of hydrogen-bond acceptors (Lipinski definition) is 3. The minimum absolute atomic E-state index is 0. The van der Waals surface area contributed by atoms with E-state index < -0.39 is 6.23 Å². The molecule has 2 N–H and O–H groups in total. The zero-order chi connectivity index (χ0) is 7.98. The molecule has 0 aromatic rings. The summed E-state index contributed by atoms with van der Waals surface area (Å²) in [5.41, 5.74) is 5.42. The summed E-state index contributed by atoms with van der Waals surface area (Å²) in [6.07, 6.45) is 2.44. The van der Waals surface area contributed by atoms with Gasteiger partial charge in [-0.2, -0.15) is 0 Å². The largest absolute Gasteiger partial charge is 0.447 e. The van der Waals surface area contributed by atoms with E-state index in [9.17, 15) is 4.79 Å². The van der Waals surface area contributed by atoms with Crippen molar-refractivity contribution in [3.05, 3.63) is 0 Å². The van der Waals surface area contributed by atoms with Crippen molar-refractivity contribution >= 4 is 5.97 Å². The monoisotopic (exact) mass is 204 g/mol. The van der Waals surface area contributed by atoms with Crippen molar-refractivity contribution in [1.29, 1.82) is 0 Å². The molecule has 0 aliphatic heterocycles. The molecular formula is C7H15CoNO2. The molecule has 0 aromatic heterocycles. The zero-order valence-electron chi connectivity index (χ0n) is 6.93. The molecule has 0 aromatic carbocycles. The number of carbonyl (C=O) groups is 1. The summed E-state index contributed by atoms with van der Waals surface area (Å²) in [5.74, 6) is -0.302. The Hall–Kier alpha value is -0.0635. The van der Waals surface area contributed by atoms with Gasteiger partial charge in [0.1, 0.15) is 0 Å². The quantitative estimate of drug-likeness (QED) is 0.549. The Bertz CT molecular complexity index is 109. The van der Waals surface area contributed by atoms with Crippen molar-refractivity contribution < 1.29 is 26.3 Å². The van der Waals surface area contributed by atoms with Crippen molar-refractivity contribution in [2.75, 3.05) is 0 Å². The van der Waals surface area contributed by atoms with Crippen LogP contribution in [0.25, 0.3) is 0 Å². The summed E-state index contributed by atoms with van der Waals surface area (Å²) in [4.78, 5) is 10.3. The second-order valence-corrected chi connectivity index (χ2v) is 2.29. The van der Waals surface area contributed by atoms with Crippen LogP contribution in [-0.4, -0.2) is 12.2 Å². The van der Waals surface area contributed by atoms with Gasteiger partial charge in [0.15, 0.2) is 6.23 Å². The van der Waals surface area contributed by atoms with Crippen LogP contribution in [0.2, 0.25) is 0 Å². The van der Waals surface area contributed by atoms with Gasteiger partial charge in [0.05, 0.1) is 0 Å². The smallest absolute Gasteiger partial charge is 0.304 e. The van der Waals surface area contributed by atoms with E-state index in [1.807, 2.05) is 0 Å². The molecule has 0 heterocycles. The van der Waals surface area contributed by atoms with Crippen LogP contribution in [0.4, 0.5) is 0 Å². The molecule has 3 nitrogen and oxygen atoms in total. The molecule has 0 saturated heterocycles. The minimum Gasteiger partial charge on any atom is -0.447 e. The maximum atomic E-state index is 10.3. The minimum atomic E-state index is -0.405. The van der Waals surface area contributed by atoms with E-state index in [0.717, 1.165) is 19.3 Å². The predicted molar refractivity (Wildman–Crippen MR) is 39.3 cm³/mol. The van der Waals surface area contributed by atoms with E-state index in [2.05, 4.69) is 6.92 Å². The molecule has 0 amide bonds. The fourth-order valence-corrected chi connectivity index (χ4v) is 0.677. The third kappa shape index (κ3) is 9.94. The molecule has 1 atom stereocenters. The maximum absolute atomic E-state index is 10.3. The molecule has 1 radical (unpaired) electrons. The van der Waals surface area contributed by atoms with Crippen LogP contribution >= 0.6 is 0 Å². The molecule has 69 valence electrons. The second kappa shape index (κ2) is 8.04. The molecule has 4 heteroatoms. The van der Waals surface area contributed by atoms with E-state index >= 15 is 0 Å². The molecule has 0 aliphatic carbocycles. The van der Waals surface area contributed by atoms with E-state index in [1.165, 1.54) is 6.92 Å². The van der Waals surface area contributed by atoms with Crippen LogP contribution in [0.3, 0.4) is 0 Å². The first-order valence-electron chi connectivity index (χ1n) is 3.59. The van der Waals surface area contributed by atoms with Gasteiger partial charge in [-0.3, -0.25) is 10.5 Å². The van der Waals surface area contributed by atoms with E-state index in [0.29, 0.717) is 0 Å². The van der Waals surface area contributed by atoms with Crippen LogP contribution in [-0.2, 0) is 26.3 Å². The summed E-state index contributed by atoms with van der Waals surface area (Å²) in [5, 5.41) is 0. The van der Waals surface area contributed by atoms with Gasteiger partial charge in [-0.05, 0) is 12.8 Å². The molecule has 0 rings (SSSR count). The summed E-state index contributed by atoms with van der Waals surface area (Å²) in [6.45, 7) is 3.44. The Balaban J connectivity index is 0. The molecule has 1 unspecified atom stereocenters. The molecule has 11 heavy (non-hydrogen) atoms. The first kappa shape index (κ1) is 13.5. The predicted octanol–water partition coefficient (Wildman–Crippen LogP) is 1.02. The number of nitrogens with two attached hydrogens (primary N) is 1. The van der Waals surface area contributed by atoms with Crippen LogP contribution < -0.4 is 5.73 Å². The third-order valence-corrected chi connectivity index (χ3v) is 1.16. The summed E-state index contributed by atoms with van der Waals surface area (Å²) in [7, 11) is 0. The zero-order valence-corrected chi connectivity index (χ0v) is 7.97. The van der Waals surface area contributed by atoms with Gasteiger partial charge in [-0.15, -0.1) is 0 Å². The first-order chi connectivity index (χ1) is 4.66. The second-order valence-electron chi connectivity index (χ2n) is 2.29. The molecular weight excluding hydrogens is 189 g/mol. The molecule has 0 bridgehead atoms. The molecule has 0 fully saturated rings. The number of esters is 1. The number of carbonyl (C=O) groups excluding carboxylic acids is 1. The summed E-state index contributed by atoms with van der Waals surface area (Å²) >= 11 is 0. The Labute approximate surface area is 77.9 Å². The maximum Gasteiger partial charge on any atom is 0.304 e. The summed E-state index contributed by atoms with van der Waals surface area (Å²) in [6, 6.07) is 0. The fraction of sp³-hybridized carbons (Fsp3) is 0.857. The van der Waals surface area contributed by atoms with Crippen molar-refractivity contribution in [2.45, 2.75) is 39.3 Å².